The molecule has 0 unspecified atom stereocenters. The second-order valence-corrected chi connectivity index (χ2v) is 6.24. The highest BCUT2D eigenvalue weighted by Gasteiger charge is 2.29. The van der Waals surface area contributed by atoms with Gasteiger partial charge in [0.25, 0.3) is 5.91 Å². The zero-order valence-corrected chi connectivity index (χ0v) is 12.6. The lowest BCUT2D eigenvalue weighted by atomic mass is 10.2. The summed E-state index contributed by atoms with van der Waals surface area (Å²) < 4.78 is 0. The number of rotatable bonds is 4. The third kappa shape index (κ3) is 3.43. The van der Waals surface area contributed by atoms with Crippen LogP contribution < -0.4 is 10.6 Å². The highest BCUT2D eigenvalue weighted by molar-refractivity contribution is 7.12. The Bertz CT molecular complexity index is 681. The molecule has 2 aromatic rings. The molecule has 1 aromatic carbocycles. The molecule has 1 fully saturated rings. The van der Waals surface area contributed by atoms with Gasteiger partial charge in [-0.25, -0.2) is 0 Å². The molecule has 2 N–H and O–H groups in total. The van der Waals surface area contributed by atoms with Crippen LogP contribution >= 0.6 is 22.9 Å². The highest BCUT2D eigenvalue weighted by atomic mass is 35.5. The number of hydrogen-bond donors (Lipinski definition) is 2. The van der Waals surface area contributed by atoms with Gasteiger partial charge in [-0.05, 0) is 42.5 Å². The minimum atomic E-state index is -0.193. The summed E-state index contributed by atoms with van der Waals surface area (Å²) in [5.74, 6) is -0.0231. The van der Waals surface area contributed by atoms with Crippen LogP contribution in [0.15, 0.2) is 35.7 Å². The quantitative estimate of drug-likeness (QED) is 0.894. The molecule has 4 nitrogen and oxygen atoms in total. The molecule has 0 bridgehead atoms. The van der Waals surface area contributed by atoms with Crippen molar-refractivity contribution in [2.75, 3.05) is 10.6 Å². The van der Waals surface area contributed by atoms with E-state index in [-0.39, 0.29) is 17.7 Å². The van der Waals surface area contributed by atoms with Gasteiger partial charge >= 0.3 is 0 Å². The largest absolute Gasteiger partial charge is 0.326 e. The smallest absolute Gasteiger partial charge is 0.265 e. The van der Waals surface area contributed by atoms with Crippen molar-refractivity contribution in [1.82, 2.24) is 0 Å². The molecular weight excluding hydrogens is 308 g/mol. The molecular formula is C15H13ClN2O2S. The van der Waals surface area contributed by atoms with Crippen LogP contribution in [0.1, 0.15) is 22.5 Å². The summed E-state index contributed by atoms with van der Waals surface area (Å²) in [7, 11) is 0. The van der Waals surface area contributed by atoms with Gasteiger partial charge in [-0.15, -0.1) is 11.3 Å². The zero-order chi connectivity index (χ0) is 14.8. The standard InChI is InChI=1S/C15H13ClN2O2S/c16-11-8-10(17-14(19)9-3-4-9)5-6-12(11)18-15(20)13-2-1-7-21-13/h1-2,5-9H,3-4H2,(H,17,19)(H,18,20). The number of hydrogen-bond acceptors (Lipinski definition) is 3. The lowest BCUT2D eigenvalue weighted by Gasteiger charge is -2.09. The van der Waals surface area contributed by atoms with Crippen molar-refractivity contribution < 1.29 is 9.59 Å². The predicted molar refractivity (Wildman–Crippen MR) is 85.1 cm³/mol. The Labute approximate surface area is 131 Å². The summed E-state index contributed by atoms with van der Waals surface area (Å²) in [6, 6.07) is 8.63. The van der Waals surface area contributed by atoms with E-state index in [0.29, 0.717) is 21.3 Å². The van der Waals surface area contributed by atoms with E-state index < -0.39 is 0 Å². The zero-order valence-electron chi connectivity index (χ0n) is 11.1. The van der Waals surface area contributed by atoms with Crippen LogP contribution in [0.5, 0.6) is 0 Å². The summed E-state index contributed by atoms with van der Waals surface area (Å²) in [6.07, 6.45) is 1.91. The first-order valence-electron chi connectivity index (χ1n) is 6.59. The van der Waals surface area contributed by atoms with Crippen LogP contribution in [-0.2, 0) is 4.79 Å². The van der Waals surface area contributed by atoms with E-state index in [0.717, 1.165) is 12.8 Å². The molecule has 1 heterocycles. The maximum absolute atomic E-state index is 12.0. The highest BCUT2D eigenvalue weighted by Crippen LogP contribution is 2.31. The minimum Gasteiger partial charge on any atom is -0.326 e. The molecule has 21 heavy (non-hydrogen) atoms. The number of carbonyl (C=O) groups excluding carboxylic acids is 2. The Morgan fingerprint density at radius 1 is 1.19 bits per heavy atom. The Kier molecular flexibility index (Phi) is 3.94. The fourth-order valence-corrected chi connectivity index (χ4v) is 2.72. The van der Waals surface area contributed by atoms with E-state index in [2.05, 4.69) is 10.6 Å². The molecule has 0 radical (unpaired) electrons. The lowest BCUT2D eigenvalue weighted by Crippen LogP contribution is -2.14. The van der Waals surface area contributed by atoms with Crippen LogP contribution in [0.4, 0.5) is 11.4 Å². The maximum atomic E-state index is 12.0. The number of nitrogens with one attached hydrogen (secondary N) is 2. The van der Waals surface area contributed by atoms with Crippen LogP contribution in [-0.4, -0.2) is 11.8 Å². The number of carbonyl (C=O) groups is 2. The molecule has 0 spiro atoms. The first kappa shape index (κ1) is 14.1. The van der Waals surface area contributed by atoms with Gasteiger partial charge in [0, 0.05) is 11.6 Å². The predicted octanol–water partition coefficient (Wildman–Crippen LogP) is 4.00. The minimum absolute atomic E-state index is 0.0291. The monoisotopic (exact) mass is 320 g/mol. The van der Waals surface area contributed by atoms with E-state index >= 15 is 0 Å². The molecule has 1 aliphatic carbocycles. The fraction of sp³-hybridized carbons (Fsp3) is 0.200. The van der Waals surface area contributed by atoms with E-state index in [1.54, 1.807) is 24.3 Å². The molecule has 6 heteroatoms. The van der Waals surface area contributed by atoms with Crippen LogP contribution in [0.2, 0.25) is 5.02 Å². The third-order valence-corrected chi connectivity index (χ3v) is 4.36. The average Bonchev–Trinajstić information content (AvgIpc) is 3.17. The molecule has 2 amide bonds. The first-order valence-corrected chi connectivity index (χ1v) is 7.84. The van der Waals surface area contributed by atoms with Gasteiger partial charge in [0.1, 0.15) is 0 Å². The van der Waals surface area contributed by atoms with Gasteiger partial charge < -0.3 is 10.6 Å². The van der Waals surface area contributed by atoms with E-state index in [1.807, 2.05) is 11.4 Å². The van der Waals surface area contributed by atoms with Gasteiger partial charge in [0.15, 0.2) is 0 Å². The molecule has 1 aromatic heterocycles. The SMILES string of the molecule is O=C(Nc1ccc(NC(=O)C2CC2)cc1Cl)c1cccs1. The first-order chi connectivity index (χ1) is 10.1. The van der Waals surface area contributed by atoms with Crippen molar-refractivity contribution in [2.24, 2.45) is 5.92 Å². The van der Waals surface area contributed by atoms with E-state index in [4.69, 9.17) is 11.6 Å². The number of anilines is 2. The van der Waals surface area contributed by atoms with Gasteiger partial charge in [-0.2, -0.15) is 0 Å². The Morgan fingerprint density at radius 3 is 2.62 bits per heavy atom. The van der Waals surface area contributed by atoms with Crippen molar-refractivity contribution in [2.45, 2.75) is 12.8 Å². The van der Waals surface area contributed by atoms with E-state index in [9.17, 15) is 9.59 Å². The summed E-state index contributed by atoms with van der Waals surface area (Å²) in [5, 5.41) is 7.81. The van der Waals surface area contributed by atoms with Gasteiger partial charge in [0.05, 0.1) is 15.6 Å². The van der Waals surface area contributed by atoms with Crippen molar-refractivity contribution in [1.29, 1.82) is 0 Å². The molecule has 0 aliphatic heterocycles. The van der Waals surface area contributed by atoms with Crippen molar-refractivity contribution in [3.05, 3.63) is 45.6 Å². The molecule has 0 saturated heterocycles. The fourth-order valence-electron chi connectivity index (χ4n) is 1.88. The van der Waals surface area contributed by atoms with E-state index in [1.165, 1.54) is 11.3 Å². The molecule has 0 atom stereocenters. The van der Waals surface area contributed by atoms with Gasteiger partial charge in [0.2, 0.25) is 5.91 Å². The summed E-state index contributed by atoms with van der Waals surface area (Å²) in [6.45, 7) is 0. The number of amides is 2. The Balaban J connectivity index is 1.69. The molecule has 1 saturated carbocycles. The number of thiophene rings is 1. The number of halogens is 1. The average molecular weight is 321 g/mol. The topological polar surface area (TPSA) is 58.2 Å². The van der Waals surface area contributed by atoms with Crippen molar-refractivity contribution in [3.8, 4) is 0 Å². The lowest BCUT2D eigenvalue weighted by molar-refractivity contribution is -0.117. The molecule has 3 rings (SSSR count). The second kappa shape index (κ2) is 5.87. The van der Waals surface area contributed by atoms with Crippen LogP contribution in [0.3, 0.4) is 0 Å². The molecule has 1 aliphatic rings. The molecule has 108 valence electrons. The van der Waals surface area contributed by atoms with Crippen LogP contribution in [0, 0.1) is 5.92 Å². The Hall–Kier alpha value is -1.85. The van der Waals surface area contributed by atoms with Crippen molar-refractivity contribution >= 4 is 46.1 Å². The summed E-state index contributed by atoms with van der Waals surface area (Å²) >= 11 is 7.52. The van der Waals surface area contributed by atoms with Gasteiger partial charge in [-0.1, -0.05) is 17.7 Å². The van der Waals surface area contributed by atoms with Gasteiger partial charge in [-0.3, -0.25) is 9.59 Å². The van der Waals surface area contributed by atoms with Crippen molar-refractivity contribution in [3.63, 3.8) is 0 Å². The third-order valence-electron chi connectivity index (χ3n) is 3.18. The summed E-state index contributed by atoms with van der Waals surface area (Å²) in [5.41, 5.74) is 1.17. The number of benzene rings is 1. The van der Waals surface area contributed by atoms with Crippen LogP contribution in [0.25, 0.3) is 0 Å². The summed E-state index contributed by atoms with van der Waals surface area (Å²) in [4.78, 5) is 24.3. The maximum Gasteiger partial charge on any atom is 0.265 e. The Morgan fingerprint density at radius 2 is 2.00 bits per heavy atom. The second-order valence-electron chi connectivity index (χ2n) is 4.89. The normalized spacial score (nSPS) is 13.8.